The van der Waals surface area contributed by atoms with Gasteiger partial charge in [-0.25, -0.2) is 0 Å². The van der Waals surface area contributed by atoms with Crippen LogP contribution in [0.1, 0.15) is 34.7 Å². The van der Waals surface area contributed by atoms with Gasteiger partial charge >= 0.3 is 0 Å². The van der Waals surface area contributed by atoms with Gasteiger partial charge in [0.2, 0.25) is 0 Å². The van der Waals surface area contributed by atoms with Gasteiger partial charge in [0, 0.05) is 9.75 Å². The van der Waals surface area contributed by atoms with E-state index >= 15 is 0 Å². The Morgan fingerprint density at radius 3 is 1.46 bits per heavy atom. The fourth-order valence-corrected chi connectivity index (χ4v) is 8.34. The van der Waals surface area contributed by atoms with Gasteiger partial charge in [-0.15, -0.1) is 46.2 Å². The number of hydrogen-bond acceptors (Lipinski definition) is 4. The second kappa shape index (κ2) is 5.78. The van der Waals surface area contributed by atoms with E-state index in [1.165, 1.54) is 43.2 Å². The zero-order chi connectivity index (χ0) is 18.1. The molecule has 2 atom stereocenters. The van der Waals surface area contributed by atoms with Crippen LogP contribution in [0.25, 0.3) is 11.1 Å². The maximum absolute atomic E-state index is 2.44. The first-order valence-corrected chi connectivity index (χ1v) is 12.3. The molecule has 4 heteroatoms. The molecule has 0 fully saturated rings. The summed E-state index contributed by atoms with van der Waals surface area (Å²) in [5, 5.41) is 9.08. The predicted molar refractivity (Wildman–Crippen MR) is 122 cm³/mol. The van der Waals surface area contributed by atoms with Crippen LogP contribution >= 0.6 is 46.2 Å². The van der Waals surface area contributed by atoms with Crippen molar-refractivity contribution in [2.24, 2.45) is 0 Å². The minimum Gasteiger partial charge on any atom is -0.149 e. The van der Waals surface area contributed by atoms with Crippen molar-refractivity contribution in [3.05, 3.63) is 77.9 Å². The zero-order valence-corrected chi connectivity index (χ0v) is 18.5. The highest BCUT2D eigenvalue weighted by atomic mass is 32.2. The molecule has 0 nitrogen and oxygen atoms in total. The molecule has 0 aromatic carbocycles. The molecule has 0 saturated carbocycles. The Balaban J connectivity index is 1.93. The second-order valence-electron chi connectivity index (χ2n) is 7.27. The topological polar surface area (TPSA) is 0 Å². The van der Waals surface area contributed by atoms with Crippen molar-refractivity contribution in [3.8, 4) is 0 Å². The number of thioether (sulfide) groups is 2. The third kappa shape index (κ3) is 2.05. The smallest absolute Gasteiger partial charge is 0.0615 e. The van der Waals surface area contributed by atoms with Crippen molar-refractivity contribution in [2.75, 3.05) is 0 Å². The molecular weight excluding hydrogens is 393 g/mol. The van der Waals surface area contributed by atoms with Crippen LogP contribution in [0.3, 0.4) is 0 Å². The van der Waals surface area contributed by atoms with Crippen LogP contribution < -0.4 is 0 Å². The molecule has 0 unspecified atom stereocenters. The summed E-state index contributed by atoms with van der Waals surface area (Å²) in [7, 11) is 0. The lowest BCUT2D eigenvalue weighted by molar-refractivity contribution is 0.625. The summed E-state index contributed by atoms with van der Waals surface area (Å²) < 4.78 is 0.126. The molecule has 2 aromatic rings. The van der Waals surface area contributed by atoms with Gasteiger partial charge in [0.1, 0.15) is 0 Å². The molecule has 4 heterocycles. The fourth-order valence-electron chi connectivity index (χ4n) is 4.42. The Kier molecular flexibility index (Phi) is 3.82. The van der Waals surface area contributed by atoms with E-state index in [2.05, 4.69) is 73.6 Å². The van der Waals surface area contributed by atoms with E-state index in [1.54, 1.807) is 0 Å². The number of allylic oxidation sites excluding steroid dienone is 4. The molecular formula is C22H20S4. The summed E-state index contributed by atoms with van der Waals surface area (Å²) in [6.07, 6.45) is 4.75. The Bertz CT molecular complexity index is 958. The van der Waals surface area contributed by atoms with Gasteiger partial charge in [0.15, 0.2) is 0 Å². The number of aryl methyl sites for hydroxylation is 2. The average Bonchev–Trinajstić information content (AvgIpc) is 3.36. The molecule has 3 aliphatic rings. The molecule has 26 heavy (non-hydrogen) atoms. The van der Waals surface area contributed by atoms with Gasteiger partial charge < -0.3 is 0 Å². The lowest BCUT2D eigenvalue weighted by Gasteiger charge is -2.47. The van der Waals surface area contributed by atoms with Crippen molar-refractivity contribution in [3.63, 3.8) is 0 Å². The Morgan fingerprint density at radius 1 is 0.692 bits per heavy atom. The van der Waals surface area contributed by atoms with E-state index in [-0.39, 0.29) is 9.49 Å². The highest BCUT2D eigenvalue weighted by molar-refractivity contribution is 8.08. The van der Waals surface area contributed by atoms with Crippen molar-refractivity contribution in [1.82, 2.24) is 0 Å². The molecule has 1 aliphatic carbocycles. The minimum atomic E-state index is 0.0631. The molecule has 2 aliphatic heterocycles. The van der Waals surface area contributed by atoms with E-state index in [0.717, 1.165) is 0 Å². The largest absolute Gasteiger partial charge is 0.149 e. The van der Waals surface area contributed by atoms with E-state index < -0.39 is 0 Å². The molecule has 132 valence electrons. The Hall–Kier alpha value is -0.940. The molecule has 2 aromatic heterocycles. The second-order valence-corrected chi connectivity index (χ2v) is 12.2. The maximum atomic E-state index is 2.44. The summed E-state index contributed by atoms with van der Waals surface area (Å²) in [5.41, 5.74) is 8.70. The van der Waals surface area contributed by atoms with Crippen molar-refractivity contribution >= 4 is 57.3 Å². The summed E-state index contributed by atoms with van der Waals surface area (Å²) in [5.74, 6) is 0. The molecule has 0 saturated heterocycles. The van der Waals surface area contributed by atoms with E-state index in [4.69, 9.17) is 0 Å². The molecule has 0 bridgehead atoms. The van der Waals surface area contributed by atoms with Crippen LogP contribution in [0.15, 0.2) is 57.0 Å². The fraction of sp³-hybridized carbons (Fsp3) is 0.273. The van der Waals surface area contributed by atoms with Crippen LogP contribution in [0.4, 0.5) is 0 Å². The van der Waals surface area contributed by atoms with Crippen LogP contribution in [0, 0.1) is 13.8 Å². The quantitative estimate of drug-likeness (QED) is 0.496. The lowest BCUT2D eigenvalue weighted by Crippen LogP contribution is -2.47. The molecule has 0 N–H and O–H groups in total. The minimum absolute atomic E-state index is 0.0631. The highest BCUT2D eigenvalue weighted by Gasteiger charge is 2.56. The normalized spacial score (nSPS) is 29.7. The van der Waals surface area contributed by atoms with Gasteiger partial charge in [-0.1, -0.05) is 12.2 Å². The van der Waals surface area contributed by atoms with Gasteiger partial charge in [0.05, 0.1) is 9.49 Å². The molecule has 0 radical (unpaired) electrons. The van der Waals surface area contributed by atoms with E-state index in [0.29, 0.717) is 0 Å². The number of hydrogen-bond donors (Lipinski definition) is 0. The molecule has 0 spiro atoms. The SMILES string of the molecule is Cc1sccc1C1=C2C=CS[C@]2(C)[C@@]2(C)SC=CC2=C1c1ccsc1C. The highest BCUT2D eigenvalue weighted by Crippen LogP contribution is 2.66. The third-order valence-electron chi connectivity index (χ3n) is 6.06. The Labute approximate surface area is 171 Å². The first-order chi connectivity index (χ1) is 12.5. The monoisotopic (exact) mass is 412 g/mol. The van der Waals surface area contributed by atoms with Crippen molar-refractivity contribution in [1.29, 1.82) is 0 Å². The third-order valence-corrected chi connectivity index (χ3v) is 10.6. The van der Waals surface area contributed by atoms with Crippen LogP contribution in [-0.4, -0.2) is 9.49 Å². The van der Waals surface area contributed by atoms with Crippen LogP contribution in [0.2, 0.25) is 0 Å². The maximum Gasteiger partial charge on any atom is 0.0615 e. The lowest BCUT2D eigenvalue weighted by atomic mass is 9.69. The van der Waals surface area contributed by atoms with Gasteiger partial charge in [-0.3, -0.25) is 0 Å². The Morgan fingerprint density at radius 2 is 1.12 bits per heavy atom. The summed E-state index contributed by atoms with van der Waals surface area (Å²) in [4.78, 5) is 2.81. The van der Waals surface area contributed by atoms with Crippen LogP contribution in [0.5, 0.6) is 0 Å². The van der Waals surface area contributed by atoms with Crippen molar-refractivity contribution in [2.45, 2.75) is 37.2 Å². The first-order valence-electron chi connectivity index (χ1n) is 8.75. The zero-order valence-electron chi connectivity index (χ0n) is 15.3. The number of rotatable bonds is 2. The standard InChI is InChI=1S/C22H20S4/c1-13-15(5-9-23-13)19-17-7-11-25-21(17,3)22(4)18(8-12-26-22)20(19)16-6-10-24-14(16)2/h5-12H,1-4H3/t21-,22-/m0/s1. The first kappa shape index (κ1) is 17.2. The number of fused-ring (bicyclic) bond motifs is 3. The van der Waals surface area contributed by atoms with E-state index in [9.17, 15) is 0 Å². The van der Waals surface area contributed by atoms with Gasteiger partial charge in [-0.05, 0) is 94.8 Å². The molecule has 5 rings (SSSR count). The average molecular weight is 413 g/mol. The predicted octanol–water partition coefficient (Wildman–Crippen LogP) is 7.69. The van der Waals surface area contributed by atoms with Crippen LogP contribution in [-0.2, 0) is 0 Å². The van der Waals surface area contributed by atoms with Gasteiger partial charge in [0.25, 0.3) is 0 Å². The number of thiophene rings is 2. The summed E-state index contributed by atoms with van der Waals surface area (Å²) in [6.45, 7) is 9.39. The summed E-state index contributed by atoms with van der Waals surface area (Å²) in [6, 6.07) is 4.63. The van der Waals surface area contributed by atoms with Gasteiger partial charge in [-0.2, -0.15) is 0 Å². The van der Waals surface area contributed by atoms with Crippen molar-refractivity contribution < 1.29 is 0 Å². The van der Waals surface area contributed by atoms with E-state index in [1.807, 2.05) is 46.2 Å². The molecule has 0 amide bonds. The summed E-state index contributed by atoms with van der Waals surface area (Å²) >= 11 is 7.68.